The molecule has 1 saturated carbocycles. The number of fused-ring (bicyclic) bond motifs is 1. The summed E-state index contributed by atoms with van der Waals surface area (Å²) in [4.78, 5) is 7.75. The molecule has 2 aromatic heterocycles. The van der Waals surface area contributed by atoms with Crippen molar-refractivity contribution < 1.29 is 21.6 Å². The number of halogens is 4. The summed E-state index contributed by atoms with van der Waals surface area (Å²) in [6, 6.07) is 5.19. The zero-order valence-corrected chi connectivity index (χ0v) is 19.0. The van der Waals surface area contributed by atoms with E-state index in [1.807, 2.05) is 4.57 Å². The van der Waals surface area contributed by atoms with Gasteiger partial charge in [0.05, 0.1) is 23.5 Å². The molecule has 0 radical (unpaired) electrons. The van der Waals surface area contributed by atoms with Crippen molar-refractivity contribution >= 4 is 32.5 Å². The first-order valence-corrected chi connectivity index (χ1v) is 12.0. The van der Waals surface area contributed by atoms with Crippen LogP contribution in [0.15, 0.2) is 35.5 Å². The molecular weight excluding hydrogens is 479 g/mol. The number of hydrogen-bond donors (Lipinski definition) is 1. The minimum atomic E-state index is -4.74. The Morgan fingerprint density at radius 1 is 1.24 bits per heavy atom. The Labute approximate surface area is 193 Å². The maximum absolute atomic E-state index is 12.8. The highest BCUT2D eigenvalue weighted by molar-refractivity contribution is 7.89. The summed E-state index contributed by atoms with van der Waals surface area (Å²) in [7, 11) is -4.50. The molecule has 4 rings (SSSR count). The van der Waals surface area contributed by atoms with Crippen LogP contribution in [0.25, 0.3) is 22.4 Å². The topological polar surface area (TPSA) is 101 Å². The maximum Gasteiger partial charge on any atom is 0.404 e. The third-order valence-electron chi connectivity index (χ3n) is 5.74. The van der Waals surface area contributed by atoms with Crippen LogP contribution in [0, 0.1) is 11.3 Å². The molecule has 1 atom stereocenters. The number of nitrogens with zero attached hydrogens (tertiary/aromatic N) is 4. The Bertz CT molecular complexity index is 1340. The van der Waals surface area contributed by atoms with Crippen molar-refractivity contribution in [2.45, 2.75) is 55.8 Å². The van der Waals surface area contributed by atoms with E-state index in [0.29, 0.717) is 28.6 Å². The molecule has 0 saturated heterocycles. The summed E-state index contributed by atoms with van der Waals surface area (Å²) in [5.41, 5.74) is 1.51. The molecule has 1 fully saturated rings. The van der Waals surface area contributed by atoms with Crippen molar-refractivity contribution in [3.8, 4) is 17.6 Å². The van der Waals surface area contributed by atoms with Crippen LogP contribution in [0.5, 0.6) is 0 Å². The van der Waals surface area contributed by atoms with Gasteiger partial charge in [0.1, 0.15) is 22.7 Å². The predicted octanol–water partition coefficient (Wildman–Crippen LogP) is 4.97. The van der Waals surface area contributed by atoms with Crippen LogP contribution in [0.1, 0.15) is 44.2 Å². The summed E-state index contributed by atoms with van der Waals surface area (Å²) >= 11 is 6.21. The second-order valence-electron chi connectivity index (χ2n) is 7.93. The Morgan fingerprint density at radius 3 is 2.45 bits per heavy atom. The SMILES string of the molecule is CC(NS(=O)(=O)c1cnc(-c2c(C#N)c3ccc(Cl)cc3n2C2CCCC2)nc1)C(F)(F)F. The van der Waals surface area contributed by atoms with E-state index < -0.39 is 27.1 Å². The van der Waals surface area contributed by atoms with Gasteiger partial charge in [-0.25, -0.2) is 18.4 Å². The average Bonchev–Trinajstić information content (AvgIpc) is 3.38. The fourth-order valence-electron chi connectivity index (χ4n) is 4.10. The van der Waals surface area contributed by atoms with E-state index >= 15 is 0 Å². The Kier molecular flexibility index (Phi) is 6.11. The molecular formula is C21H19ClF3N5O2S. The van der Waals surface area contributed by atoms with Crippen molar-refractivity contribution in [1.82, 2.24) is 19.3 Å². The quantitative estimate of drug-likeness (QED) is 0.536. The molecule has 1 unspecified atom stereocenters. The van der Waals surface area contributed by atoms with Crippen LogP contribution >= 0.6 is 11.6 Å². The monoisotopic (exact) mass is 497 g/mol. The zero-order chi connectivity index (χ0) is 24.0. The van der Waals surface area contributed by atoms with Gasteiger partial charge in [-0.1, -0.05) is 24.4 Å². The summed E-state index contributed by atoms with van der Waals surface area (Å²) in [5.74, 6) is 0.105. The number of nitrogens with one attached hydrogen (secondary N) is 1. The van der Waals surface area contributed by atoms with Crippen LogP contribution in [0.4, 0.5) is 13.2 Å². The normalized spacial score (nSPS) is 16.2. The summed E-state index contributed by atoms with van der Waals surface area (Å²) in [6.45, 7) is 0.705. The summed E-state index contributed by atoms with van der Waals surface area (Å²) in [5, 5.41) is 11.1. The molecule has 7 nitrogen and oxygen atoms in total. The van der Waals surface area contributed by atoms with E-state index in [0.717, 1.165) is 43.6 Å². The molecule has 0 amide bonds. The lowest BCUT2D eigenvalue weighted by Crippen LogP contribution is -2.43. The van der Waals surface area contributed by atoms with Crippen LogP contribution in [-0.4, -0.2) is 35.2 Å². The highest BCUT2D eigenvalue weighted by atomic mass is 35.5. The fourth-order valence-corrected chi connectivity index (χ4v) is 5.39. The first-order valence-electron chi connectivity index (χ1n) is 10.2. The predicted molar refractivity (Wildman–Crippen MR) is 116 cm³/mol. The first-order chi connectivity index (χ1) is 15.5. The third kappa shape index (κ3) is 4.43. The maximum atomic E-state index is 12.8. The number of alkyl halides is 3. The van der Waals surface area contributed by atoms with Gasteiger partial charge in [0.25, 0.3) is 0 Å². The second-order valence-corrected chi connectivity index (χ2v) is 10.1. The Balaban J connectivity index is 1.81. The number of aromatic nitrogens is 3. The highest BCUT2D eigenvalue weighted by Crippen LogP contribution is 2.41. The van der Waals surface area contributed by atoms with Crippen molar-refractivity contribution in [2.75, 3.05) is 0 Å². The molecule has 12 heteroatoms. The molecule has 174 valence electrons. The minimum Gasteiger partial charge on any atom is -0.334 e. The van der Waals surface area contributed by atoms with E-state index in [1.54, 1.807) is 22.9 Å². The van der Waals surface area contributed by atoms with E-state index in [2.05, 4.69) is 16.0 Å². The molecule has 1 aromatic carbocycles. The summed E-state index contributed by atoms with van der Waals surface area (Å²) in [6.07, 6.45) is 0.969. The molecule has 33 heavy (non-hydrogen) atoms. The van der Waals surface area contributed by atoms with Crippen molar-refractivity contribution in [1.29, 1.82) is 5.26 Å². The molecule has 1 aliphatic carbocycles. The molecule has 0 bridgehead atoms. The number of benzene rings is 1. The number of sulfonamides is 1. The average molecular weight is 498 g/mol. The van der Waals surface area contributed by atoms with Crippen LogP contribution in [0.2, 0.25) is 5.02 Å². The fraction of sp³-hybridized carbons (Fsp3) is 0.381. The molecule has 0 aliphatic heterocycles. The molecule has 1 N–H and O–H groups in total. The standard InChI is InChI=1S/C21H19ClF3N5O2S/c1-12(21(23,24)25)29-33(31,32)15-10-27-20(28-11-15)19-17(9-26)16-7-6-13(22)8-18(16)30(19)14-4-2-3-5-14/h6-8,10-12,14,29H,2-5H2,1H3. The smallest absolute Gasteiger partial charge is 0.334 e. The number of hydrogen-bond acceptors (Lipinski definition) is 5. The van der Waals surface area contributed by atoms with E-state index in [9.17, 15) is 26.9 Å². The van der Waals surface area contributed by atoms with E-state index in [1.165, 1.54) is 0 Å². The minimum absolute atomic E-state index is 0.0874. The van der Waals surface area contributed by atoms with Gasteiger partial charge in [-0.3, -0.25) is 0 Å². The van der Waals surface area contributed by atoms with Gasteiger partial charge in [0.15, 0.2) is 5.82 Å². The number of nitriles is 1. The van der Waals surface area contributed by atoms with Gasteiger partial charge in [0.2, 0.25) is 10.0 Å². The van der Waals surface area contributed by atoms with Crippen molar-refractivity contribution in [3.63, 3.8) is 0 Å². The lowest BCUT2D eigenvalue weighted by atomic mass is 10.1. The Hall–Kier alpha value is -2.68. The summed E-state index contributed by atoms with van der Waals surface area (Å²) < 4.78 is 66.6. The van der Waals surface area contributed by atoms with Gasteiger partial charge in [-0.2, -0.15) is 23.2 Å². The van der Waals surface area contributed by atoms with Gasteiger partial charge in [-0.15, -0.1) is 0 Å². The van der Waals surface area contributed by atoms with Gasteiger partial charge in [-0.05, 0) is 38.0 Å². The van der Waals surface area contributed by atoms with Crippen LogP contribution in [-0.2, 0) is 10.0 Å². The molecule has 2 heterocycles. The molecule has 1 aliphatic rings. The third-order valence-corrected chi connectivity index (χ3v) is 7.47. The first kappa shape index (κ1) is 23.5. The Morgan fingerprint density at radius 2 is 1.88 bits per heavy atom. The second kappa shape index (κ2) is 8.59. The van der Waals surface area contributed by atoms with Gasteiger partial charge in [0, 0.05) is 16.5 Å². The van der Waals surface area contributed by atoms with Crippen LogP contribution < -0.4 is 4.72 Å². The van der Waals surface area contributed by atoms with Crippen LogP contribution in [0.3, 0.4) is 0 Å². The van der Waals surface area contributed by atoms with E-state index in [4.69, 9.17) is 11.6 Å². The van der Waals surface area contributed by atoms with Crippen molar-refractivity contribution in [2.24, 2.45) is 0 Å². The van der Waals surface area contributed by atoms with Crippen molar-refractivity contribution in [3.05, 3.63) is 41.2 Å². The van der Waals surface area contributed by atoms with Gasteiger partial charge < -0.3 is 4.57 Å². The largest absolute Gasteiger partial charge is 0.404 e. The van der Waals surface area contributed by atoms with Gasteiger partial charge >= 0.3 is 6.18 Å². The highest BCUT2D eigenvalue weighted by Gasteiger charge is 2.39. The molecule has 3 aromatic rings. The molecule has 0 spiro atoms. The van der Waals surface area contributed by atoms with E-state index in [-0.39, 0.29) is 11.9 Å². The zero-order valence-electron chi connectivity index (χ0n) is 17.4. The number of rotatable bonds is 5. The lowest BCUT2D eigenvalue weighted by molar-refractivity contribution is -0.147. The lowest BCUT2D eigenvalue weighted by Gasteiger charge is -2.18.